The second kappa shape index (κ2) is 7.40. The largest absolute Gasteiger partial charge is 0.336 e. The Morgan fingerprint density at radius 1 is 1.27 bits per heavy atom. The van der Waals surface area contributed by atoms with E-state index in [1.165, 1.54) is 6.42 Å². The molecule has 122 valence electrons. The van der Waals surface area contributed by atoms with Gasteiger partial charge >= 0.3 is 0 Å². The summed E-state index contributed by atoms with van der Waals surface area (Å²) in [5.41, 5.74) is 0.725. The number of piperazine rings is 1. The Hall–Kier alpha value is -1.17. The molecule has 1 aromatic rings. The second-order valence-corrected chi connectivity index (χ2v) is 5.91. The van der Waals surface area contributed by atoms with Crippen LogP contribution in [0.2, 0.25) is 0 Å². The Morgan fingerprint density at radius 2 is 2.00 bits per heavy atom. The molecule has 1 N–H and O–H groups in total. The molecular formula is C16H23ClFN3O. The van der Waals surface area contributed by atoms with E-state index < -0.39 is 0 Å². The first-order valence-corrected chi connectivity index (χ1v) is 7.66. The van der Waals surface area contributed by atoms with E-state index in [1.807, 2.05) is 0 Å². The first-order valence-electron chi connectivity index (χ1n) is 7.66. The number of amides is 1. The van der Waals surface area contributed by atoms with Crippen molar-refractivity contribution < 1.29 is 9.18 Å². The third kappa shape index (κ3) is 3.42. The molecule has 0 spiro atoms. The van der Waals surface area contributed by atoms with Gasteiger partial charge in [0.25, 0.3) is 5.91 Å². The van der Waals surface area contributed by atoms with Crippen LogP contribution in [-0.4, -0.2) is 61.0 Å². The fraction of sp³-hybridized carbons (Fsp3) is 0.562. The molecule has 6 heteroatoms. The van der Waals surface area contributed by atoms with E-state index in [4.69, 9.17) is 0 Å². The van der Waals surface area contributed by atoms with Crippen molar-refractivity contribution in [1.82, 2.24) is 15.1 Å². The molecule has 3 rings (SSSR count). The minimum atomic E-state index is -0.384. The third-order valence-electron chi connectivity index (χ3n) is 4.57. The Balaban J connectivity index is 0.00000176. The molecule has 2 aliphatic rings. The van der Waals surface area contributed by atoms with Crippen LogP contribution < -0.4 is 5.32 Å². The van der Waals surface area contributed by atoms with Crippen molar-refractivity contribution >= 4 is 18.3 Å². The molecule has 0 saturated carbocycles. The number of aryl methyl sites for hydroxylation is 1. The predicted molar refractivity (Wildman–Crippen MR) is 87.1 cm³/mol. The summed E-state index contributed by atoms with van der Waals surface area (Å²) in [7, 11) is 0. The van der Waals surface area contributed by atoms with Gasteiger partial charge in [-0.2, -0.15) is 0 Å². The summed E-state index contributed by atoms with van der Waals surface area (Å²) in [5, 5.41) is 3.37. The lowest BCUT2D eigenvalue weighted by molar-refractivity contribution is 0.0579. The smallest absolute Gasteiger partial charge is 0.256 e. The van der Waals surface area contributed by atoms with Crippen molar-refractivity contribution in [2.24, 2.45) is 0 Å². The molecule has 2 heterocycles. The maximum absolute atomic E-state index is 14.1. The van der Waals surface area contributed by atoms with Crippen LogP contribution in [0.3, 0.4) is 0 Å². The van der Waals surface area contributed by atoms with Gasteiger partial charge < -0.3 is 10.2 Å². The van der Waals surface area contributed by atoms with Gasteiger partial charge in [-0.25, -0.2) is 4.39 Å². The number of nitrogens with zero attached hydrogens (tertiary/aromatic N) is 2. The molecule has 1 amide bonds. The fourth-order valence-electron chi connectivity index (χ4n) is 3.22. The van der Waals surface area contributed by atoms with Gasteiger partial charge in [-0.15, -0.1) is 12.4 Å². The zero-order valence-electron chi connectivity index (χ0n) is 12.8. The molecule has 2 saturated heterocycles. The molecule has 2 fully saturated rings. The minimum Gasteiger partial charge on any atom is -0.336 e. The lowest BCUT2D eigenvalue weighted by atomic mass is 10.1. The highest BCUT2D eigenvalue weighted by molar-refractivity contribution is 5.94. The van der Waals surface area contributed by atoms with Crippen molar-refractivity contribution in [3.8, 4) is 0 Å². The third-order valence-corrected chi connectivity index (χ3v) is 4.57. The van der Waals surface area contributed by atoms with E-state index in [0.29, 0.717) is 24.7 Å². The highest BCUT2D eigenvalue weighted by Crippen LogP contribution is 2.17. The van der Waals surface area contributed by atoms with Crippen molar-refractivity contribution in [3.05, 3.63) is 35.1 Å². The van der Waals surface area contributed by atoms with Crippen LogP contribution in [0, 0.1) is 12.7 Å². The second-order valence-electron chi connectivity index (χ2n) is 5.91. The van der Waals surface area contributed by atoms with E-state index in [0.717, 1.165) is 26.2 Å². The van der Waals surface area contributed by atoms with Crippen LogP contribution in [0.5, 0.6) is 0 Å². The first kappa shape index (κ1) is 17.2. The minimum absolute atomic E-state index is 0. The van der Waals surface area contributed by atoms with Gasteiger partial charge in [0.05, 0.1) is 5.56 Å². The predicted octanol–water partition coefficient (Wildman–Crippen LogP) is 1.68. The number of benzene rings is 1. The van der Waals surface area contributed by atoms with Gasteiger partial charge in [-0.05, 0) is 31.5 Å². The lowest BCUT2D eigenvalue weighted by Crippen LogP contribution is -2.52. The van der Waals surface area contributed by atoms with Crippen LogP contribution in [0.15, 0.2) is 18.2 Å². The number of hydrogen-bond acceptors (Lipinski definition) is 3. The normalized spacial score (nSPS) is 22.5. The van der Waals surface area contributed by atoms with E-state index in [1.54, 1.807) is 30.0 Å². The van der Waals surface area contributed by atoms with Gasteiger partial charge in [0.1, 0.15) is 5.82 Å². The SMILES string of the molecule is Cc1cccc(C(=O)N2CCN(C3CCNC3)CC2)c1F.Cl. The van der Waals surface area contributed by atoms with E-state index >= 15 is 0 Å². The maximum Gasteiger partial charge on any atom is 0.256 e. The number of hydrogen-bond donors (Lipinski definition) is 1. The Morgan fingerprint density at radius 3 is 2.64 bits per heavy atom. The topological polar surface area (TPSA) is 35.6 Å². The quantitative estimate of drug-likeness (QED) is 0.897. The number of halogens is 2. The fourth-order valence-corrected chi connectivity index (χ4v) is 3.22. The van der Waals surface area contributed by atoms with Crippen molar-refractivity contribution in [3.63, 3.8) is 0 Å². The molecule has 1 unspecified atom stereocenters. The van der Waals surface area contributed by atoms with Crippen LogP contribution in [0.1, 0.15) is 22.3 Å². The number of nitrogens with one attached hydrogen (secondary N) is 1. The van der Waals surface area contributed by atoms with Gasteiger partial charge in [-0.1, -0.05) is 12.1 Å². The molecule has 1 aromatic carbocycles. The first-order chi connectivity index (χ1) is 10.2. The highest BCUT2D eigenvalue weighted by Gasteiger charge is 2.29. The van der Waals surface area contributed by atoms with E-state index in [2.05, 4.69) is 10.2 Å². The summed E-state index contributed by atoms with van der Waals surface area (Å²) < 4.78 is 14.1. The molecule has 0 aliphatic carbocycles. The van der Waals surface area contributed by atoms with Crippen LogP contribution in [-0.2, 0) is 0 Å². The Labute approximate surface area is 137 Å². The zero-order valence-corrected chi connectivity index (χ0v) is 13.7. The summed E-state index contributed by atoms with van der Waals surface area (Å²) >= 11 is 0. The maximum atomic E-state index is 14.1. The molecule has 0 radical (unpaired) electrons. The summed E-state index contributed by atoms with van der Waals surface area (Å²) in [6.07, 6.45) is 1.18. The molecule has 22 heavy (non-hydrogen) atoms. The average Bonchev–Trinajstić information content (AvgIpc) is 3.04. The summed E-state index contributed by atoms with van der Waals surface area (Å²) in [6, 6.07) is 5.61. The molecule has 4 nitrogen and oxygen atoms in total. The average molecular weight is 328 g/mol. The standard InChI is InChI=1S/C16H22FN3O.ClH/c1-12-3-2-4-14(15(12)17)16(21)20-9-7-19(8-10-20)13-5-6-18-11-13;/h2-4,13,18H,5-11H2,1H3;1H. The van der Waals surface area contributed by atoms with Gasteiger partial charge in [0.2, 0.25) is 0 Å². The van der Waals surface area contributed by atoms with Crippen LogP contribution in [0.4, 0.5) is 4.39 Å². The van der Waals surface area contributed by atoms with Crippen LogP contribution in [0.25, 0.3) is 0 Å². The Kier molecular flexibility index (Phi) is 5.78. The number of carbonyl (C=O) groups excluding carboxylic acids is 1. The lowest BCUT2D eigenvalue weighted by Gasteiger charge is -2.37. The molecular weight excluding hydrogens is 305 g/mol. The zero-order chi connectivity index (χ0) is 14.8. The van der Waals surface area contributed by atoms with E-state index in [-0.39, 0.29) is 29.7 Å². The summed E-state index contributed by atoms with van der Waals surface area (Å²) in [4.78, 5) is 16.7. The number of carbonyl (C=O) groups is 1. The monoisotopic (exact) mass is 327 g/mol. The summed E-state index contributed by atoms with van der Waals surface area (Å²) in [5.74, 6) is -0.565. The molecule has 0 bridgehead atoms. The van der Waals surface area contributed by atoms with Gasteiger partial charge in [0, 0.05) is 38.8 Å². The molecule has 2 aliphatic heterocycles. The molecule has 1 atom stereocenters. The van der Waals surface area contributed by atoms with Crippen molar-refractivity contribution in [2.75, 3.05) is 39.3 Å². The summed E-state index contributed by atoms with van der Waals surface area (Å²) in [6.45, 7) is 6.94. The highest BCUT2D eigenvalue weighted by atomic mass is 35.5. The molecule has 0 aromatic heterocycles. The number of rotatable bonds is 2. The van der Waals surface area contributed by atoms with Crippen molar-refractivity contribution in [2.45, 2.75) is 19.4 Å². The van der Waals surface area contributed by atoms with Gasteiger partial charge in [0.15, 0.2) is 0 Å². The van der Waals surface area contributed by atoms with Crippen LogP contribution >= 0.6 is 12.4 Å². The van der Waals surface area contributed by atoms with Gasteiger partial charge in [-0.3, -0.25) is 9.69 Å². The van der Waals surface area contributed by atoms with Crippen molar-refractivity contribution in [1.29, 1.82) is 0 Å². The van der Waals surface area contributed by atoms with E-state index in [9.17, 15) is 9.18 Å². The Bertz CT molecular complexity index is 526.